The highest BCUT2D eigenvalue weighted by atomic mass is 19.1. The number of carboxylic acid groups (broad SMARTS) is 1. The topological polar surface area (TPSA) is 66.4 Å². The van der Waals surface area contributed by atoms with Gasteiger partial charge in [-0.05, 0) is 56.2 Å². The van der Waals surface area contributed by atoms with Crippen LogP contribution in [0.25, 0.3) is 0 Å². The van der Waals surface area contributed by atoms with E-state index >= 15 is 0 Å². The number of carboxylic acids is 1. The molecule has 2 N–H and O–H groups in total. The van der Waals surface area contributed by atoms with Crippen molar-refractivity contribution in [3.05, 3.63) is 35.6 Å². The van der Waals surface area contributed by atoms with Gasteiger partial charge in [-0.2, -0.15) is 0 Å². The zero-order valence-electron chi connectivity index (χ0n) is 13.1. The maximum Gasteiger partial charge on any atom is 0.306 e. The molecule has 0 atom stereocenters. The molecule has 4 nitrogen and oxygen atoms in total. The second kappa shape index (κ2) is 6.30. The number of rotatable bonds is 4. The van der Waals surface area contributed by atoms with E-state index in [2.05, 4.69) is 5.32 Å². The van der Waals surface area contributed by atoms with Crippen molar-refractivity contribution >= 4 is 11.9 Å². The van der Waals surface area contributed by atoms with Gasteiger partial charge in [-0.15, -0.1) is 0 Å². The molecule has 23 heavy (non-hydrogen) atoms. The quantitative estimate of drug-likeness (QED) is 0.896. The molecule has 0 unspecified atom stereocenters. The highest BCUT2D eigenvalue weighted by Crippen LogP contribution is 2.44. The first-order valence-corrected chi connectivity index (χ1v) is 8.31. The molecule has 2 saturated carbocycles. The second-order valence-corrected chi connectivity index (χ2v) is 6.81. The summed E-state index contributed by atoms with van der Waals surface area (Å²) >= 11 is 0. The van der Waals surface area contributed by atoms with Crippen molar-refractivity contribution in [3.63, 3.8) is 0 Å². The summed E-state index contributed by atoms with van der Waals surface area (Å²) in [5.74, 6) is -1.38. The number of amides is 1. The number of carbonyl (C=O) groups excluding carboxylic acids is 1. The molecule has 1 aromatic carbocycles. The number of aliphatic carboxylic acids is 1. The Labute approximate surface area is 135 Å². The maximum atomic E-state index is 13.5. The minimum Gasteiger partial charge on any atom is -0.481 e. The summed E-state index contributed by atoms with van der Waals surface area (Å²) in [6, 6.07) is 6.35. The van der Waals surface area contributed by atoms with Gasteiger partial charge in [0.1, 0.15) is 5.82 Å². The molecule has 5 heteroatoms. The van der Waals surface area contributed by atoms with E-state index in [-0.39, 0.29) is 23.7 Å². The van der Waals surface area contributed by atoms with Crippen LogP contribution in [-0.2, 0) is 15.0 Å². The van der Waals surface area contributed by atoms with Gasteiger partial charge in [0.05, 0.1) is 11.3 Å². The molecule has 124 valence electrons. The van der Waals surface area contributed by atoms with Gasteiger partial charge < -0.3 is 10.4 Å². The van der Waals surface area contributed by atoms with E-state index in [0.29, 0.717) is 25.7 Å². The SMILES string of the molecule is O=C(O)C1CCC(NC(=O)C2(c3cccc(F)c3)CCC2)CC1. The lowest BCUT2D eigenvalue weighted by Crippen LogP contribution is -2.52. The molecule has 0 heterocycles. The second-order valence-electron chi connectivity index (χ2n) is 6.81. The number of halogens is 1. The monoisotopic (exact) mass is 319 g/mol. The van der Waals surface area contributed by atoms with Gasteiger partial charge in [-0.25, -0.2) is 4.39 Å². The van der Waals surface area contributed by atoms with E-state index in [1.54, 1.807) is 6.07 Å². The molecule has 0 aromatic heterocycles. The van der Waals surface area contributed by atoms with E-state index in [0.717, 1.165) is 24.8 Å². The van der Waals surface area contributed by atoms with E-state index < -0.39 is 11.4 Å². The molecule has 2 aliphatic carbocycles. The van der Waals surface area contributed by atoms with Crippen molar-refractivity contribution in [1.82, 2.24) is 5.32 Å². The molecule has 2 fully saturated rings. The predicted octanol–water partition coefficient (Wildman–Crippen LogP) is 3.01. The maximum absolute atomic E-state index is 13.5. The van der Waals surface area contributed by atoms with Crippen molar-refractivity contribution in [1.29, 1.82) is 0 Å². The third-order valence-corrected chi connectivity index (χ3v) is 5.43. The smallest absolute Gasteiger partial charge is 0.306 e. The van der Waals surface area contributed by atoms with E-state index in [1.807, 2.05) is 6.07 Å². The molecular weight excluding hydrogens is 297 g/mol. The molecule has 0 aliphatic heterocycles. The van der Waals surface area contributed by atoms with Gasteiger partial charge >= 0.3 is 5.97 Å². The minimum absolute atomic E-state index is 0.0316. The van der Waals surface area contributed by atoms with Gasteiger partial charge in [0.25, 0.3) is 0 Å². The predicted molar refractivity (Wildman–Crippen MR) is 83.5 cm³/mol. The van der Waals surface area contributed by atoms with Gasteiger partial charge in [-0.3, -0.25) is 9.59 Å². The average molecular weight is 319 g/mol. The first-order chi connectivity index (χ1) is 11.0. The third kappa shape index (κ3) is 3.09. The Morgan fingerprint density at radius 1 is 1.17 bits per heavy atom. The first-order valence-electron chi connectivity index (χ1n) is 8.31. The zero-order chi connectivity index (χ0) is 16.4. The third-order valence-electron chi connectivity index (χ3n) is 5.43. The zero-order valence-corrected chi connectivity index (χ0v) is 13.1. The fraction of sp³-hybridized carbons (Fsp3) is 0.556. The van der Waals surface area contributed by atoms with Crippen LogP contribution in [0.5, 0.6) is 0 Å². The normalized spacial score (nSPS) is 26.1. The number of carbonyl (C=O) groups is 2. The van der Waals surface area contributed by atoms with Crippen LogP contribution >= 0.6 is 0 Å². The van der Waals surface area contributed by atoms with Crippen LogP contribution in [0.1, 0.15) is 50.5 Å². The van der Waals surface area contributed by atoms with Crippen molar-refractivity contribution in [2.24, 2.45) is 5.92 Å². The molecule has 0 saturated heterocycles. The van der Waals surface area contributed by atoms with Crippen molar-refractivity contribution < 1.29 is 19.1 Å². The molecular formula is C18H22FNO3. The Balaban J connectivity index is 1.66. The van der Waals surface area contributed by atoms with Crippen LogP contribution < -0.4 is 5.32 Å². The highest BCUT2D eigenvalue weighted by molar-refractivity contribution is 5.89. The summed E-state index contributed by atoms with van der Waals surface area (Å²) in [5, 5.41) is 12.1. The lowest BCUT2D eigenvalue weighted by atomic mass is 9.63. The van der Waals surface area contributed by atoms with Crippen LogP contribution in [0.3, 0.4) is 0 Å². The Bertz CT molecular complexity index is 604. The average Bonchev–Trinajstić information content (AvgIpc) is 2.46. The standard InChI is InChI=1S/C18H22FNO3/c19-14-4-1-3-13(11-14)18(9-2-10-18)17(23)20-15-7-5-12(6-8-15)16(21)22/h1,3-4,11-12,15H,2,5-10H2,(H,20,23)(H,21,22). The molecule has 0 radical (unpaired) electrons. The Hall–Kier alpha value is -1.91. The molecule has 0 bridgehead atoms. The largest absolute Gasteiger partial charge is 0.481 e. The number of benzene rings is 1. The van der Waals surface area contributed by atoms with Crippen LogP contribution in [0.15, 0.2) is 24.3 Å². The number of hydrogen-bond donors (Lipinski definition) is 2. The summed E-state index contributed by atoms with van der Waals surface area (Å²) in [6.45, 7) is 0. The Kier molecular flexibility index (Phi) is 4.37. The molecule has 2 aliphatic rings. The Morgan fingerprint density at radius 2 is 1.87 bits per heavy atom. The van der Waals surface area contributed by atoms with Crippen LogP contribution in [-0.4, -0.2) is 23.0 Å². The number of nitrogens with one attached hydrogen (secondary N) is 1. The van der Waals surface area contributed by atoms with Crippen molar-refractivity contribution in [2.75, 3.05) is 0 Å². The Morgan fingerprint density at radius 3 is 2.39 bits per heavy atom. The van der Waals surface area contributed by atoms with Gasteiger partial charge in [-0.1, -0.05) is 18.6 Å². The summed E-state index contributed by atoms with van der Waals surface area (Å²) in [6.07, 6.45) is 5.06. The van der Waals surface area contributed by atoms with E-state index in [4.69, 9.17) is 5.11 Å². The lowest BCUT2D eigenvalue weighted by molar-refractivity contribution is -0.142. The van der Waals surface area contributed by atoms with Gasteiger partial charge in [0.2, 0.25) is 5.91 Å². The molecule has 1 aromatic rings. The van der Waals surface area contributed by atoms with Crippen LogP contribution in [0.4, 0.5) is 4.39 Å². The highest BCUT2D eigenvalue weighted by Gasteiger charge is 2.46. The summed E-state index contributed by atoms with van der Waals surface area (Å²) < 4.78 is 13.5. The number of hydrogen-bond acceptors (Lipinski definition) is 2. The summed E-state index contributed by atoms with van der Waals surface area (Å²) in [7, 11) is 0. The van der Waals surface area contributed by atoms with Gasteiger partial charge in [0.15, 0.2) is 0 Å². The fourth-order valence-electron chi connectivity index (χ4n) is 3.77. The molecule has 3 rings (SSSR count). The van der Waals surface area contributed by atoms with Crippen molar-refractivity contribution in [2.45, 2.75) is 56.4 Å². The minimum atomic E-state index is -0.745. The van der Waals surface area contributed by atoms with Gasteiger partial charge in [0, 0.05) is 6.04 Å². The fourth-order valence-corrected chi connectivity index (χ4v) is 3.77. The molecule has 1 amide bonds. The first kappa shape index (κ1) is 16.0. The van der Waals surface area contributed by atoms with E-state index in [1.165, 1.54) is 12.1 Å². The van der Waals surface area contributed by atoms with Crippen molar-refractivity contribution in [3.8, 4) is 0 Å². The van der Waals surface area contributed by atoms with E-state index in [9.17, 15) is 14.0 Å². The summed E-state index contributed by atoms with van der Waals surface area (Å²) in [4.78, 5) is 23.8. The molecule has 0 spiro atoms. The van der Waals surface area contributed by atoms with Crippen LogP contribution in [0.2, 0.25) is 0 Å². The summed E-state index contributed by atoms with van der Waals surface area (Å²) in [5.41, 5.74) is 0.145. The van der Waals surface area contributed by atoms with Crippen LogP contribution in [0, 0.1) is 11.7 Å². The lowest BCUT2D eigenvalue weighted by Gasteiger charge is -2.42.